The molecule has 0 amide bonds. The molecule has 0 bridgehead atoms. The van der Waals surface area contributed by atoms with Gasteiger partial charge >= 0.3 is 15.4 Å². The van der Waals surface area contributed by atoms with Gasteiger partial charge in [-0.2, -0.15) is 0 Å². The van der Waals surface area contributed by atoms with Gasteiger partial charge in [0.15, 0.2) is 0 Å². The first-order chi connectivity index (χ1) is 5.77. The van der Waals surface area contributed by atoms with Crippen molar-refractivity contribution in [2.45, 2.75) is 0 Å². The van der Waals surface area contributed by atoms with Crippen LogP contribution in [0.25, 0.3) is 0 Å². The van der Waals surface area contributed by atoms with Crippen LogP contribution in [-0.4, -0.2) is 27.4 Å². The van der Waals surface area contributed by atoms with Crippen molar-refractivity contribution in [2.75, 3.05) is 12.8 Å². The molecule has 0 aliphatic carbocycles. The van der Waals surface area contributed by atoms with Gasteiger partial charge in [0, 0.05) is 0 Å². The summed E-state index contributed by atoms with van der Waals surface area (Å²) in [7, 11) is -9.21. The molecule has 0 spiro atoms. The summed E-state index contributed by atoms with van der Waals surface area (Å²) in [4.78, 5) is 25.2. The Morgan fingerprint density at radius 1 is 1.31 bits per heavy atom. The summed E-state index contributed by atoms with van der Waals surface area (Å²) < 4.78 is 29.1. The Morgan fingerprint density at radius 2 is 1.85 bits per heavy atom. The van der Waals surface area contributed by atoms with Gasteiger partial charge in [-0.25, -0.2) is 8.88 Å². The second kappa shape index (κ2) is 4.91. The Balaban J connectivity index is 4.02. The van der Waals surface area contributed by atoms with Gasteiger partial charge < -0.3 is 19.4 Å². The molecule has 0 radical (unpaired) electrons. The molecule has 13 heavy (non-hydrogen) atoms. The van der Waals surface area contributed by atoms with Crippen molar-refractivity contribution < 1.29 is 32.9 Å². The molecule has 0 rings (SSSR count). The average molecular weight is 232 g/mol. The normalized spacial score (nSPS) is 16.2. The van der Waals surface area contributed by atoms with Gasteiger partial charge in [-0.15, -0.1) is 0 Å². The van der Waals surface area contributed by atoms with Crippen molar-refractivity contribution in [3.05, 3.63) is 12.8 Å². The first kappa shape index (κ1) is 12.8. The molecule has 3 N–H and O–H groups in total. The lowest BCUT2D eigenvalue weighted by Crippen LogP contribution is -1.99. The number of hydrogen-bond donors (Lipinski definition) is 3. The monoisotopic (exact) mass is 232 g/mol. The molecule has 0 aliphatic heterocycles. The molecule has 7 nitrogen and oxygen atoms in total. The highest BCUT2D eigenvalue weighted by Gasteiger charge is 2.30. The molecule has 1 unspecified atom stereocenters. The van der Waals surface area contributed by atoms with Crippen molar-refractivity contribution in [3.8, 4) is 0 Å². The summed E-state index contributed by atoms with van der Waals surface area (Å²) in [6, 6.07) is 0. The van der Waals surface area contributed by atoms with E-state index >= 15 is 0 Å². The van der Waals surface area contributed by atoms with Crippen LogP contribution in [0.1, 0.15) is 0 Å². The summed E-state index contributed by atoms with van der Waals surface area (Å²) in [6.07, 6.45) is 0.529. The second-order valence-electron chi connectivity index (χ2n) is 1.97. The van der Waals surface area contributed by atoms with Crippen molar-refractivity contribution in [3.63, 3.8) is 0 Å². The number of ether oxygens (including phenoxy) is 1. The van der Waals surface area contributed by atoms with E-state index in [0.29, 0.717) is 0 Å². The quantitative estimate of drug-likeness (QED) is 0.346. The van der Waals surface area contributed by atoms with Gasteiger partial charge in [0.05, 0.1) is 19.0 Å². The van der Waals surface area contributed by atoms with Gasteiger partial charge in [-0.1, -0.05) is 6.58 Å². The minimum absolute atomic E-state index is 0.197. The molecule has 0 aromatic heterocycles. The highest BCUT2D eigenvalue weighted by atomic mass is 31.3. The van der Waals surface area contributed by atoms with Gasteiger partial charge in [0.2, 0.25) is 0 Å². The van der Waals surface area contributed by atoms with Crippen LogP contribution in [0.2, 0.25) is 0 Å². The fourth-order valence-corrected chi connectivity index (χ4v) is 2.45. The van der Waals surface area contributed by atoms with Gasteiger partial charge in [0.1, 0.15) is 0 Å². The van der Waals surface area contributed by atoms with Gasteiger partial charge in [0.25, 0.3) is 0 Å². The first-order valence-electron chi connectivity index (χ1n) is 3.08. The van der Waals surface area contributed by atoms with Crippen LogP contribution < -0.4 is 0 Å². The predicted octanol–water partition coefficient (Wildman–Crippen LogP) is 0.441. The Bertz CT molecular complexity index is 255. The van der Waals surface area contributed by atoms with E-state index in [1.54, 1.807) is 0 Å². The third-order valence-corrected chi connectivity index (χ3v) is 3.46. The lowest BCUT2D eigenvalue weighted by molar-refractivity contribution is 0.244. The zero-order valence-corrected chi connectivity index (χ0v) is 8.36. The topological polar surface area (TPSA) is 113 Å². The Labute approximate surface area is 74.8 Å². The third kappa shape index (κ3) is 8.18. The van der Waals surface area contributed by atoms with Crippen molar-refractivity contribution >= 4 is 15.4 Å². The molecule has 0 aliphatic rings. The second-order valence-corrected chi connectivity index (χ2v) is 5.33. The lowest BCUT2D eigenvalue weighted by atomic mass is 10.8. The van der Waals surface area contributed by atoms with Crippen LogP contribution in [0.5, 0.6) is 0 Å². The van der Waals surface area contributed by atoms with E-state index in [4.69, 9.17) is 14.7 Å². The van der Waals surface area contributed by atoms with Gasteiger partial charge in [-0.3, -0.25) is 4.57 Å². The smallest absolute Gasteiger partial charge is 0.476 e. The number of rotatable bonds is 6. The van der Waals surface area contributed by atoms with E-state index in [9.17, 15) is 9.13 Å². The minimum atomic E-state index is -4.93. The van der Waals surface area contributed by atoms with Gasteiger partial charge in [-0.05, 0) is 0 Å². The Hall–Kier alpha value is -0.160. The SMILES string of the molecule is C=COCCP(=O)(O)OP(=O)(O)O. The summed E-state index contributed by atoms with van der Waals surface area (Å²) >= 11 is 0. The molecule has 0 aromatic carbocycles. The van der Waals surface area contributed by atoms with Crippen LogP contribution in [-0.2, 0) is 18.2 Å². The third-order valence-electron chi connectivity index (χ3n) is 0.844. The highest BCUT2D eigenvalue weighted by Crippen LogP contribution is 2.56. The minimum Gasteiger partial charge on any atom is -0.501 e. The van der Waals surface area contributed by atoms with Crippen molar-refractivity contribution in [1.82, 2.24) is 0 Å². The highest BCUT2D eigenvalue weighted by molar-refractivity contribution is 7.63. The van der Waals surface area contributed by atoms with Crippen LogP contribution in [0.3, 0.4) is 0 Å². The van der Waals surface area contributed by atoms with E-state index < -0.39 is 21.6 Å². The standard InChI is InChI=1S/C4H10O7P2/c1-2-10-3-4-12(5,6)11-13(7,8)9/h2H,1,3-4H2,(H,5,6)(H2,7,8,9). The van der Waals surface area contributed by atoms with E-state index in [2.05, 4.69) is 15.6 Å². The van der Waals surface area contributed by atoms with Crippen LogP contribution in [0, 0.1) is 0 Å². The number of phosphoric acid groups is 1. The van der Waals surface area contributed by atoms with Crippen molar-refractivity contribution in [1.29, 1.82) is 0 Å². The maximum atomic E-state index is 10.8. The summed E-state index contributed by atoms with van der Waals surface area (Å²) in [5, 5.41) is 0. The van der Waals surface area contributed by atoms with Crippen LogP contribution in [0.15, 0.2) is 12.8 Å². The Morgan fingerprint density at radius 3 is 2.23 bits per heavy atom. The lowest BCUT2D eigenvalue weighted by Gasteiger charge is -2.11. The fourth-order valence-electron chi connectivity index (χ4n) is 0.458. The molecule has 9 heteroatoms. The van der Waals surface area contributed by atoms with Crippen molar-refractivity contribution in [2.24, 2.45) is 0 Å². The molecular weight excluding hydrogens is 222 g/mol. The Kier molecular flexibility index (Phi) is 4.85. The zero-order valence-electron chi connectivity index (χ0n) is 6.57. The van der Waals surface area contributed by atoms with E-state index in [0.717, 1.165) is 6.26 Å². The molecular formula is C4H10O7P2. The summed E-state index contributed by atoms with van der Waals surface area (Å²) in [5.74, 6) is 0. The van der Waals surface area contributed by atoms with E-state index in [-0.39, 0.29) is 6.61 Å². The number of hydrogen-bond acceptors (Lipinski definition) is 4. The largest absolute Gasteiger partial charge is 0.501 e. The molecule has 0 fully saturated rings. The maximum Gasteiger partial charge on any atom is 0.476 e. The molecule has 0 aromatic rings. The fraction of sp³-hybridized carbons (Fsp3) is 0.500. The van der Waals surface area contributed by atoms with E-state index in [1.807, 2.05) is 0 Å². The predicted molar refractivity (Wildman–Crippen MR) is 44.0 cm³/mol. The van der Waals surface area contributed by atoms with Crippen LogP contribution >= 0.6 is 15.4 Å². The van der Waals surface area contributed by atoms with Crippen LogP contribution in [0.4, 0.5) is 0 Å². The molecule has 0 saturated heterocycles. The maximum absolute atomic E-state index is 10.8. The zero-order chi connectivity index (χ0) is 10.5. The summed E-state index contributed by atoms with van der Waals surface area (Å²) in [5.41, 5.74) is 0. The molecule has 78 valence electrons. The van der Waals surface area contributed by atoms with E-state index in [1.165, 1.54) is 0 Å². The molecule has 1 atom stereocenters. The molecule has 0 saturated carbocycles. The first-order valence-corrected chi connectivity index (χ1v) is 6.37. The average Bonchev–Trinajstić information content (AvgIpc) is 1.81. The molecule has 0 heterocycles. The summed E-state index contributed by atoms with van der Waals surface area (Å²) in [6.45, 7) is 2.97.